The van der Waals surface area contributed by atoms with Crippen molar-refractivity contribution in [1.82, 2.24) is 0 Å². The maximum absolute atomic E-state index is 3.47. The summed E-state index contributed by atoms with van der Waals surface area (Å²) in [4.78, 5) is 0. The lowest BCUT2D eigenvalue weighted by Gasteiger charge is -2.19. The molecule has 1 N–H and O–H groups in total. The standard InChI is InChI=1S/C15H25NS/c1-5-10-17-11-13-6-8-14(9-7-13)16-12-15(2,3)4/h6-9,16H,5,10-12H2,1-4H3. The van der Waals surface area contributed by atoms with E-state index in [1.165, 1.54) is 23.4 Å². The highest BCUT2D eigenvalue weighted by Gasteiger charge is 2.08. The molecule has 0 heterocycles. The summed E-state index contributed by atoms with van der Waals surface area (Å²) < 4.78 is 0. The van der Waals surface area contributed by atoms with Crippen molar-refractivity contribution in [1.29, 1.82) is 0 Å². The lowest BCUT2D eigenvalue weighted by molar-refractivity contribution is 0.443. The van der Waals surface area contributed by atoms with Crippen LogP contribution in [0, 0.1) is 5.41 Å². The number of hydrogen-bond acceptors (Lipinski definition) is 2. The van der Waals surface area contributed by atoms with E-state index in [9.17, 15) is 0 Å². The number of benzene rings is 1. The van der Waals surface area contributed by atoms with Crippen molar-refractivity contribution in [3.05, 3.63) is 29.8 Å². The van der Waals surface area contributed by atoms with Crippen LogP contribution in [0.5, 0.6) is 0 Å². The average molecular weight is 251 g/mol. The Morgan fingerprint density at radius 3 is 2.29 bits per heavy atom. The van der Waals surface area contributed by atoms with E-state index < -0.39 is 0 Å². The zero-order valence-electron chi connectivity index (χ0n) is 11.5. The fourth-order valence-electron chi connectivity index (χ4n) is 1.42. The van der Waals surface area contributed by atoms with Crippen LogP contribution in [-0.2, 0) is 5.75 Å². The molecule has 1 aromatic carbocycles. The molecular formula is C15H25NS. The third-order valence-electron chi connectivity index (χ3n) is 2.39. The first-order valence-electron chi connectivity index (χ1n) is 6.42. The van der Waals surface area contributed by atoms with Crippen LogP contribution in [0.25, 0.3) is 0 Å². The van der Waals surface area contributed by atoms with Crippen LogP contribution in [0.2, 0.25) is 0 Å². The third-order valence-corrected chi connectivity index (χ3v) is 3.63. The zero-order valence-corrected chi connectivity index (χ0v) is 12.4. The van der Waals surface area contributed by atoms with Crippen molar-refractivity contribution in [2.24, 2.45) is 5.41 Å². The molecule has 2 heteroatoms. The molecule has 0 saturated carbocycles. The highest BCUT2D eigenvalue weighted by molar-refractivity contribution is 7.98. The van der Waals surface area contributed by atoms with E-state index >= 15 is 0 Å². The van der Waals surface area contributed by atoms with Gasteiger partial charge in [0.05, 0.1) is 0 Å². The van der Waals surface area contributed by atoms with E-state index in [1.807, 2.05) is 11.8 Å². The second-order valence-corrected chi connectivity index (χ2v) is 6.77. The topological polar surface area (TPSA) is 12.0 Å². The molecule has 96 valence electrons. The lowest BCUT2D eigenvalue weighted by Crippen LogP contribution is -2.18. The Bertz CT molecular complexity index is 311. The molecule has 0 amide bonds. The minimum absolute atomic E-state index is 0.329. The summed E-state index contributed by atoms with van der Waals surface area (Å²) in [6, 6.07) is 8.84. The van der Waals surface area contributed by atoms with Crippen LogP contribution < -0.4 is 5.32 Å². The van der Waals surface area contributed by atoms with Gasteiger partial charge in [-0.2, -0.15) is 11.8 Å². The van der Waals surface area contributed by atoms with Gasteiger partial charge in [-0.05, 0) is 35.3 Å². The Labute approximate surface area is 110 Å². The number of nitrogens with one attached hydrogen (secondary N) is 1. The van der Waals surface area contributed by atoms with Crippen LogP contribution in [0.3, 0.4) is 0 Å². The van der Waals surface area contributed by atoms with Crippen LogP contribution in [0.1, 0.15) is 39.7 Å². The zero-order chi connectivity index (χ0) is 12.7. The summed E-state index contributed by atoms with van der Waals surface area (Å²) in [5.74, 6) is 2.39. The summed E-state index contributed by atoms with van der Waals surface area (Å²) >= 11 is 2.01. The van der Waals surface area contributed by atoms with E-state index in [0.29, 0.717) is 5.41 Å². The second kappa shape index (κ2) is 6.95. The van der Waals surface area contributed by atoms with Crippen LogP contribution in [-0.4, -0.2) is 12.3 Å². The molecule has 0 atom stereocenters. The molecule has 0 aromatic heterocycles. The van der Waals surface area contributed by atoms with Gasteiger partial charge in [0.15, 0.2) is 0 Å². The van der Waals surface area contributed by atoms with Crippen LogP contribution in [0.15, 0.2) is 24.3 Å². The van der Waals surface area contributed by atoms with E-state index in [2.05, 4.69) is 57.3 Å². The van der Waals surface area contributed by atoms with Gasteiger partial charge in [-0.15, -0.1) is 0 Å². The largest absolute Gasteiger partial charge is 0.385 e. The smallest absolute Gasteiger partial charge is 0.0340 e. The molecule has 0 aliphatic heterocycles. The molecule has 17 heavy (non-hydrogen) atoms. The fraction of sp³-hybridized carbons (Fsp3) is 0.600. The number of anilines is 1. The Morgan fingerprint density at radius 2 is 1.76 bits per heavy atom. The lowest BCUT2D eigenvalue weighted by atomic mass is 9.97. The van der Waals surface area contributed by atoms with Gasteiger partial charge in [-0.1, -0.05) is 39.8 Å². The Balaban J connectivity index is 2.39. The van der Waals surface area contributed by atoms with Crippen molar-refractivity contribution in [2.45, 2.75) is 39.9 Å². The van der Waals surface area contributed by atoms with E-state index in [0.717, 1.165) is 12.3 Å². The maximum atomic E-state index is 3.47. The van der Waals surface area contributed by atoms with Crippen molar-refractivity contribution in [3.8, 4) is 0 Å². The normalized spacial score (nSPS) is 11.5. The molecule has 0 bridgehead atoms. The summed E-state index contributed by atoms with van der Waals surface area (Å²) in [5.41, 5.74) is 2.98. The molecule has 0 fully saturated rings. The predicted molar refractivity (Wildman–Crippen MR) is 80.8 cm³/mol. The third kappa shape index (κ3) is 6.62. The molecule has 1 aromatic rings. The maximum Gasteiger partial charge on any atom is 0.0340 e. The van der Waals surface area contributed by atoms with Crippen LogP contribution in [0.4, 0.5) is 5.69 Å². The number of hydrogen-bond donors (Lipinski definition) is 1. The quantitative estimate of drug-likeness (QED) is 0.730. The van der Waals surface area contributed by atoms with Gasteiger partial charge in [-0.25, -0.2) is 0 Å². The molecular weight excluding hydrogens is 226 g/mol. The highest BCUT2D eigenvalue weighted by atomic mass is 32.2. The van der Waals surface area contributed by atoms with Crippen molar-refractivity contribution >= 4 is 17.4 Å². The Kier molecular flexibility index (Phi) is 5.90. The first-order chi connectivity index (χ1) is 8.01. The highest BCUT2D eigenvalue weighted by Crippen LogP contribution is 2.18. The van der Waals surface area contributed by atoms with Gasteiger partial charge in [-0.3, -0.25) is 0 Å². The SMILES string of the molecule is CCCSCc1ccc(NCC(C)(C)C)cc1. The van der Waals surface area contributed by atoms with Crippen LogP contribution >= 0.6 is 11.8 Å². The fourth-order valence-corrected chi connectivity index (χ4v) is 2.28. The summed E-state index contributed by atoms with van der Waals surface area (Å²) in [6.07, 6.45) is 1.26. The van der Waals surface area contributed by atoms with Crippen molar-refractivity contribution < 1.29 is 0 Å². The molecule has 0 saturated heterocycles. The second-order valence-electron chi connectivity index (χ2n) is 5.66. The van der Waals surface area contributed by atoms with Gasteiger partial charge in [0, 0.05) is 18.0 Å². The van der Waals surface area contributed by atoms with E-state index in [1.54, 1.807) is 0 Å². The first-order valence-corrected chi connectivity index (χ1v) is 7.57. The summed E-state index contributed by atoms with van der Waals surface area (Å²) in [7, 11) is 0. The molecule has 1 nitrogen and oxygen atoms in total. The van der Waals surface area contributed by atoms with Gasteiger partial charge in [0.2, 0.25) is 0 Å². The molecule has 0 unspecified atom stereocenters. The average Bonchev–Trinajstić information content (AvgIpc) is 2.27. The van der Waals surface area contributed by atoms with Gasteiger partial charge in [0.1, 0.15) is 0 Å². The van der Waals surface area contributed by atoms with Crippen molar-refractivity contribution in [2.75, 3.05) is 17.6 Å². The first kappa shape index (κ1) is 14.4. The molecule has 1 rings (SSSR count). The predicted octanol–water partition coefficient (Wildman–Crippen LogP) is 4.79. The molecule has 0 spiro atoms. The van der Waals surface area contributed by atoms with Gasteiger partial charge < -0.3 is 5.32 Å². The van der Waals surface area contributed by atoms with Gasteiger partial charge >= 0.3 is 0 Å². The summed E-state index contributed by atoms with van der Waals surface area (Å²) in [6.45, 7) is 9.98. The van der Waals surface area contributed by atoms with E-state index in [-0.39, 0.29) is 0 Å². The van der Waals surface area contributed by atoms with Gasteiger partial charge in [0.25, 0.3) is 0 Å². The minimum atomic E-state index is 0.329. The Hall–Kier alpha value is -0.630. The van der Waals surface area contributed by atoms with Crippen molar-refractivity contribution in [3.63, 3.8) is 0 Å². The minimum Gasteiger partial charge on any atom is -0.385 e. The number of rotatable bonds is 6. The monoisotopic (exact) mass is 251 g/mol. The summed E-state index contributed by atoms with van der Waals surface area (Å²) in [5, 5.41) is 3.47. The molecule has 0 radical (unpaired) electrons. The molecule has 0 aliphatic rings. The Morgan fingerprint density at radius 1 is 1.12 bits per heavy atom. The molecule has 0 aliphatic carbocycles. The number of thioether (sulfide) groups is 1. The van der Waals surface area contributed by atoms with E-state index in [4.69, 9.17) is 0 Å².